The molecule has 2 aliphatic heterocycles. The van der Waals surface area contributed by atoms with Gasteiger partial charge >= 0.3 is 5.92 Å². The number of aliphatic hydroxyl groups excluding tert-OH is 1. The zero-order valence-corrected chi connectivity index (χ0v) is 19.1. The number of halogens is 2. The van der Waals surface area contributed by atoms with Crippen LogP contribution in [0.3, 0.4) is 0 Å². The van der Waals surface area contributed by atoms with Gasteiger partial charge < -0.3 is 19.9 Å². The summed E-state index contributed by atoms with van der Waals surface area (Å²) < 4.78 is 30.3. The Kier molecular flexibility index (Phi) is 5.68. The van der Waals surface area contributed by atoms with Gasteiger partial charge in [0.25, 0.3) is 5.56 Å². The summed E-state index contributed by atoms with van der Waals surface area (Å²) in [5.41, 5.74) is 0.275. The van der Waals surface area contributed by atoms with Crippen molar-refractivity contribution in [1.29, 1.82) is 0 Å². The fraction of sp³-hybridized carbons (Fsp3) is 0.478. The smallest absolute Gasteiger partial charge is 0.300 e. The highest BCUT2D eigenvalue weighted by atomic mass is 19.3. The van der Waals surface area contributed by atoms with Crippen LogP contribution in [0.4, 0.5) is 26.2 Å². The van der Waals surface area contributed by atoms with Gasteiger partial charge in [0.05, 0.1) is 24.9 Å². The summed E-state index contributed by atoms with van der Waals surface area (Å²) in [5.74, 6) is -2.29. The molecule has 3 aromatic heterocycles. The Balaban J connectivity index is 1.55. The van der Waals surface area contributed by atoms with Gasteiger partial charge in [0.2, 0.25) is 5.95 Å². The van der Waals surface area contributed by atoms with Gasteiger partial charge in [0.1, 0.15) is 11.2 Å². The van der Waals surface area contributed by atoms with Crippen molar-refractivity contribution < 1.29 is 13.9 Å². The Morgan fingerprint density at radius 1 is 1.26 bits per heavy atom. The van der Waals surface area contributed by atoms with Crippen LogP contribution < -0.4 is 15.8 Å². The van der Waals surface area contributed by atoms with Crippen molar-refractivity contribution in [3.05, 3.63) is 46.1 Å². The van der Waals surface area contributed by atoms with E-state index < -0.39 is 18.0 Å². The van der Waals surface area contributed by atoms with Gasteiger partial charge in [-0.1, -0.05) is 0 Å². The zero-order chi connectivity index (χ0) is 24.0. The van der Waals surface area contributed by atoms with Crippen molar-refractivity contribution in [2.45, 2.75) is 37.8 Å². The molecule has 1 unspecified atom stereocenters. The number of nitrogens with one attached hydrogen (secondary N) is 1. The van der Waals surface area contributed by atoms with Gasteiger partial charge in [0.15, 0.2) is 5.82 Å². The Hall–Kier alpha value is -3.18. The zero-order valence-electron chi connectivity index (χ0n) is 19.1. The van der Waals surface area contributed by atoms with E-state index >= 15 is 0 Å². The first kappa shape index (κ1) is 22.6. The summed E-state index contributed by atoms with van der Waals surface area (Å²) in [6.45, 7) is 0.655. The molecule has 1 saturated heterocycles. The number of anilines is 3. The largest absolute Gasteiger partial charge is 0.394 e. The van der Waals surface area contributed by atoms with E-state index in [0.717, 1.165) is 35.8 Å². The maximum absolute atomic E-state index is 14.6. The van der Waals surface area contributed by atoms with Gasteiger partial charge in [-0.3, -0.25) is 9.69 Å². The number of rotatable bonds is 4. The van der Waals surface area contributed by atoms with E-state index in [0.29, 0.717) is 23.4 Å². The third-order valence-corrected chi connectivity index (χ3v) is 6.58. The molecule has 5 heterocycles. The minimum atomic E-state index is -3.12. The number of piperidine rings is 1. The number of alkyl halides is 2. The molecule has 0 aliphatic carbocycles. The fourth-order valence-corrected chi connectivity index (χ4v) is 5.05. The minimum absolute atomic E-state index is 0.0263. The third kappa shape index (κ3) is 3.88. The van der Waals surface area contributed by atoms with Gasteiger partial charge in [-0.25, -0.2) is 15.0 Å². The van der Waals surface area contributed by atoms with Crippen LogP contribution in [0.2, 0.25) is 0 Å². The van der Waals surface area contributed by atoms with Crippen molar-refractivity contribution in [3.63, 3.8) is 0 Å². The Morgan fingerprint density at radius 2 is 2.09 bits per heavy atom. The molecule has 34 heavy (non-hydrogen) atoms. The molecule has 0 amide bonds. The molecule has 5 rings (SSSR count). The van der Waals surface area contributed by atoms with Crippen LogP contribution in [0.25, 0.3) is 10.9 Å². The van der Waals surface area contributed by atoms with E-state index in [-0.39, 0.29) is 30.0 Å². The van der Waals surface area contributed by atoms with Gasteiger partial charge in [-0.2, -0.15) is 8.78 Å². The predicted octanol–water partition coefficient (Wildman–Crippen LogP) is 2.36. The lowest BCUT2D eigenvalue weighted by Gasteiger charge is -2.35. The van der Waals surface area contributed by atoms with Crippen LogP contribution in [0.1, 0.15) is 30.5 Å². The van der Waals surface area contributed by atoms with Gasteiger partial charge in [-0.15, -0.1) is 0 Å². The number of likely N-dealkylation sites (N-methyl/N-ethyl adjacent to an activating group) is 1. The first-order chi connectivity index (χ1) is 16.3. The van der Waals surface area contributed by atoms with E-state index in [2.05, 4.69) is 25.2 Å². The van der Waals surface area contributed by atoms with Crippen LogP contribution in [0.5, 0.6) is 0 Å². The van der Waals surface area contributed by atoms with Crippen LogP contribution in [-0.4, -0.2) is 62.3 Å². The van der Waals surface area contributed by atoms with E-state index in [1.807, 2.05) is 0 Å². The number of hydrogen-bond donors (Lipinski definition) is 2. The summed E-state index contributed by atoms with van der Waals surface area (Å²) in [6, 6.07) is 3.23. The van der Waals surface area contributed by atoms with Gasteiger partial charge in [0, 0.05) is 37.9 Å². The molecular weight excluding hydrogens is 444 g/mol. The van der Waals surface area contributed by atoms with E-state index in [1.54, 1.807) is 25.5 Å². The first-order valence-corrected chi connectivity index (χ1v) is 11.3. The van der Waals surface area contributed by atoms with Crippen molar-refractivity contribution in [3.8, 4) is 0 Å². The number of aliphatic hydroxyl groups is 1. The summed E-state index contributed by atoms with van der Waals surface area (Å²) in [5, 5.41) is 13.6. The molecule has 1 atom stereocenters. The fourth-order valence-electron chi connectivity index (χ4n) is 5.05. The monoisotopic (exact) mass is 471 g/mol. The van der Waals surface area contributed by atoms with E-state index in [9.17, 15) is 18.7 Å². The molecule has 180 valence electrons. The van der Waals surface area contributed by atoms with Crippen LogP contribution in [0, 0.1) is 0 Å². The lowest BCUT2D eigenvalue weighted by molar-refractivity contribution is -0.0530. The molecule has 0 aromatic carbocycles. The summed E-state index contributed by atoms with van der Waals surface area (Å²) in [4.78, 5) is 30.0. The third-order valence-electron chi connectivity index (χ3n) is 6.58. The molecule has 2 aliphatic rings. The highest BCUT2D eigenvalue weighted by Crippen LogP contribution is 2.36. The average Bonchev–Trinajstić information content (AvgIpc) is 2.80. The van der Waals surface area contributed by atoms with Crippen molar-refractivity contribution >= 4 is 28.4 Å². The predicted molar refractivity (Wildman–Crippen MR) is 125 cm³/mol. The quantitative estimate of drug-likeness (QED) is 0.598. The van der Waals surface area contributed by atoms with Crippen molar-refractivity contribution in [1.82, 2.24) is 24.4 Å². The van der Waals surface area contributed by atoms with Crippen LogP contribution in [-0.2, 0) is 19.5 Å². The minimum Gasteiger partial charge on any atom is -0.394 e. The maximum Gasteiger partial charge on any atom is 0.300 e. The highest BCUT2D eigenvalue weighted by Gasteiger charge is 2.42. The highest BCUT2D eigenvalue weighted by molar-refractivity contribution is 5.89. The Morgan fingerprint density at radius 3 is 2.88 bits per heavy atom. The molecule has 3 aromatic rings. The number of aromatic nitrogens is 4. The average molecular weight is 472 g/mol. The first-order valence-electron chi connectivity index (χ1n) is 11.3. The Labute approximate surface area is 195 Å². The van der Waals surface area contributed by atoms with Crippen LogP contribution >= 0.6 is 0 Å². The van der Waals surface area contributed by atoms with Crippen molar-refractivity contribution in [2.75, 3.05) is 37.0 Å². The second-order valence-corrected chi connectivity index (χ2v) is 9.09. The SMILES string of the molecule is CN1Cc2cc(Nc3ncc4ccnc(N5CCCCC5CO)c4n3)c(=O)n(C)c2C(F)(F)C1. The maximum atomic E-state index is 14.6. The van der Waals surface area contributed by atoms with E-state index in [1.165, 1.54) is 18.0 Å². The molecule has 0 radical (unpaired) electrons. The molecule has 2 N–H and O–H groups in total. The molecular formula is C23H27F2N7O2. The molecule has 1 fully saturated rings. The number of pyridine rings is 2. The van der Waals surface area contributed by atoms with Crippen LogP contribution in [0.15, 0.2) is 29.3 Å². The topological polar surface area (TPSA) is 99.4 Å². The number of fused-ring (bicyclic) bond motifs is 2. The molecule has 9 nitrogen and oxygen atoms in total. The lowest BCUT2D eigenvalue weighted by Crippen LogP contribution is -2.43. The van der Waals surface area contributed by atoms with Gasteiger partial charge in [-0.05, 0) is 44.0 Å². The molecule has 0 saturated carbocycles. The summed E-state index contributed by atoms with van der Waals surface area (Å²) in [7, 11) is 2.98. The molecule has 11 heteroatoms. The number of nitrogens with zero attached hydrogens (tertiary/aromatic N) is 6. The standard InChI is InChI=1S/C23H27F2N7O2/c1-30-11-15-9-17(21(34)31(2)19(15)23(24,25)13-30)28-22-27-10-14-6-7-26-20(18(14)29-22)32-8-4-3-5-16(32)12-33/h6-7,9-10,16,33H,3-5,8,11-13H2,1-2H3,(H,27,28,29). The number of hydrogen-bond acceptors (Lipinski definition) is 8. The summed E-state index contributed by atoms with van der Waals surface area (Å²) >= 11 is 0. The normalized spacial score (nSPS) is 20.4. The summed E-state index contributed by atoms with van der Waals surface area (Å²) in [6.07, 6.45) is 6.24. The lowest BCUT2D eigenvalue weighted by atomic mass is 10.0. The van der Waals surface area contributed by atoms with Crippen molar-refractivity contribution in [2.24, 2.45) is 7.05 Å². The Bertz CT molecular complexity index is 1300. The molecule has 0 spiro atoms. The second-order valence-electron chi connectivity index (χ2n) is 9.09. The second kappa shape index (κ2) is 8.55. The van der Waals surface area contributed by atoms with E-state index in [4.69, 9.17) is 0 Å². The molecule has 0 bridgehead atoms.